The van der Waals surface area contributed by atoms with Crippen LogP contribution < -0.4 is 11.1 Å². The predicted octanol–water partition coefficient (Wildman–Crippen LogP) is 2.73. The Balaban J connectivity index is 0.00000192. The van der Waals surface area contributed by atoms with Crippen molar-refractivity contribution in [1.82, 2.24) is 5.32 Å². The van der Waals surface area contributed by atoms with E-state index in [4.69, 9.17) is 10.5 Å². The zero-order chi connectivity index (χ0) is 16.0. The molecule has 4 nitrogen and oxygen atoms in total. The van der Waals surface area contributed by atoms with Crippen LogP contribution in [-0.4, -0.2) is 41.2 Å². The van der Waals surface area contributed by atoms with Crippen LogP contribution in [0, 0.1) is 11.3 Å². The molecule has 2 aliphatic carbocycles. The maximum atomic E-state index is 13.0. The molecule has 0 aromatic rings. The molecule has 1 heterocycles. The molecule has 5 unspecified atom stereocenters. The molecule has 3 aliphatic rings. The number of hydrogen-bond donors (Lipinski definition) is 2. The lowest BCUT2D eigenvalue weighted by molar-refractivity contribution is -0.225. The number of thioether (sulfide) groups is 1. The number of rotatable bonds is 4. The minimum atomic E-state index is -0.776. The summed E-state index contributed by atoms with van der Waals surface area (Å²) < 4.78 is 5.90. The number of carbonyl (C=O) groups excluding carboxylic acids is 1. The Labute approximate surface area is 150 Å². The topological polar surface area (TPSA) is 64.4 Å². The monoisotopic (exact) mass is 362 g/mol. The van der Waals surface area contributed by atoms with E-state index in [1.54, 1.807) is 0 Å². The van der Waals surface area contributed by atoms with E-state index in [0.29, 0.717) is 5.25 Å². The zero-order valence-corrected chi connectivity index (χ0v) is 16.1. The third kappa shape index (κ3) is 2.92. The van der Waals surface area contributed by atoms with Crippen molar-refractivity contribution in [3.63, 3.8) is 0 Å². The number of amides is 1. The molecule has 3 N–H and O–H groups in total. The lowest BCUT2D eigenvalue weighted by Crippen LogP contribution is -2.82. The number of halogens is 1. The molecule has 6 heteroatoms. The van der Waals surface area contributed by atoms with Crippen LogP contribution in [0.25, 0.3) is 0 Å². The van der Waals surface area contributed by atoms with Crippen LogP contribution in [0.15, 0.2) is 0 Å². The Hall–Kier alpha value is 0.0300. The number of ether oxygens (including phenoxy) is 1. The summed E-state index contributed by atoms with van der Waals surface area (Å²) in [7, 11) is 0. The SMILES string of the molecule is CCSC1CCCC1NC(=O)C1(N)C2CCCOC2C1(C)C.Cl. The molecule has 0 spiro atoms. The normalized spacial score (nSPS) is 41.4. The molecule has 3 rings (SSSR count). The summed E-state index contributed by atoms with van der Waals surface area (Å²) in [5, 5.41) is 3.86. The standard InChI is InChI=1S/C17H30N2O2S.ClH/c1-4-22-13-9-5-8-12(13)19-15(20)17(18)11-7-6-10-21-14(11)16(17,2)3;/h11-14H,4-10,18H2,1-3H3,(H,19,20);1H. The van der Waals surface area contributed by atoms with Gasteiger partial charge in [-0.05, 0) is 31.4 Å². The summed E-state index contributed by atoms with van der Waals surface area (Å²) in [4.78, 5) is 13.0. The van der Waals surface area contributed by atoms with Gasteiger partial charge in [0.2, 0.25) is 5.91 Å². The molecule has 0 aromatic heterocycles. The van der Waals surface area contributed by atoms with E-state index in [1.165, 1.54) is 12.8 Å². The van der Waals surface area contributed by atoms with E-state index >= 15 is 0 Å². The number of fused-ring (bicyclic) bond motifs is 1. The lowest BCUT2D eigenvalue weighted by Gasteiger charge is -2.65. The van der Waals surface area contributed by atoms with Gasteiger partial charge in [-0.3, -0.25) is 4.79 Å². The average molecular weight is 363 g/mol. The number of nitrogens with one attached hydrogen (secondary N) is 1. The summed E-state index contributed by atoms with van der Waals surface area (Å²) in [6.45, 7) is 7.17. The first-order chi connectivity index (χ1) is 10.4. The van der Waals surface area contributed by atoms with Gasteiger partial charge in [-0.15, -0.1) is 12.4 Å². The van der Waals surface area contributed by atoms with Crippen molar-refractivity contribution in [2.24, 2.45) is 17.1 Å². The van der Waals surface area contributed by atoms with Gasteiger partial charge in [-0.1, -0.05) is 27.2 Å². The molecule has 1 aliphatic heterocycles. The Morgan fingerprint density at radius 2 is 2.04 bits per heavy atom. The largest absolute Gasteiger partial charge is 0.377 e. The maximum Gasteiger partial charge on any atom is 0.241 e. The van der Waals surface area contributed by atoms with E-state index in [1.807, 2.05) is 11.8 Å². The Morgan fingerprint density at radius 1 is 1.30 bits per heavy atom. The molecule has 3 fully saturated rings. The first-order valence-corrected chi connectivity index (χ1v) is 9.80. The van der Waals surface area contributed by atoms with Crippen LogP contribution in [0.5, 0.6) is 0 Å². The van der Waals surface area contributed by atoms with E-state index in [9.17, 15) is 4.79 Å². The van der Waals surface area contributed by atoms with Crippen LogP contribution in [0.4, 0.5) is 0 Å². The second kappa shape index (κ2) is 7.11. The molecule has 1 saturated heterocycles. The van der Waals surface area contributed by atoms with Gasteiger partial charge < -0.3 is 15.8 Å². The first-order valence-electron chi connectivity index (χ1n) is 8.76. The fourth-order valence-electron chi connectivity index (χ4n) is 4.83. The van der Waals surface area contributed by atoms with E-state index in [2.05, 4.69) is 26.1 Å². The Morgan fingerprint density at radius 3 is 2.74 bits per heavy atom. The second-order valence-corrected chi connectivity index (χ2v) is 9.15. The Kier molecular flexibility index (Phi) is 5.98. The summed E-state index contributed by atoms with van der Waals surface area (Å²) in [6, 6.07) is 0.289. The highest BCUT2D eigenvalue weighted by Gasteiger charge is 2.70. The van der Waals surface area contributed by atoms with Crippen LogP contribution in [0.3, 0.4) is 0 Å². The van der Waals surface area contributed by atoms with Gasteiger partial charge in [0.05, 0.1) is 6.10 Å². The quantitative estimate of drug-likeness (QED) is 0.807. The molecule has 2 saturated carbocycles. The number of carbonyl (C=O) groups is 1. The van der Waals surface area contributed by atoms with Crippen molar-refractivity contribution < 1.29 is 9.53 Å². The van der Waals surface area contributed by atoms with Gasteiger partial charge in [-0.2, -0.15) is 11.8 Å². The summed E-state index contributed by atoms with van der Waals surface area (Å²) in [6.07, 6.45) is 5.67. The summed E-state index contributed by atoms with van der Waals surface area (Å²) >= 11 is 1.97. The third-order valence-electron chi connectivity index (χ3n) is 6.21. The van der Waals surface area contributed by atoms with Crippen molar-refractivity contribution in [3.8, 4) is 0 Å². The molecule has 0 bridgehead atoms. The summed E-state index contributed by atoms with van der Waals surface area (Å²) in [5.41, 5.74) is 5.62. The molecule has 134 valence electrons. The van der Waals surface area contributed by atoms with Crippen molar-refractivity contribution in [3.05, 3.63) is 0 Å². The highest BCUT2D eigenvalue weighted by atomic mass is 35.5. The van der Waals surface area contributed by atoms with Gasteiger partial charge in [-0.25, -0.2) is 0 Å². The molecule has 5 atom stereocenters. The van der Waals surface area contributed by atoms with E-state index in [0.717, 1.165) is 31.6 Å². The van der Waals surface area contributed by atoms with Crippen LogP contribution in [0.1, 0.15) is 52.9 Å². The molecular weight excluding hydrogens is 332 g/mol. The van der Waals surface area contributed by atoms with E-state index < -0.39 is 5.54 Å². The summed E-state index contributed by atoms with van der Waals surface area (Å²) in [5.74, 6) is 1.34. The van der Waals surface area contributed by atoms with Crippen molar-refractivity contribution in [2.45, 2.75) is 75.8 Å². The molecule has 23 heavy (non-hydrogen) atoms. The van der Waals surface area contributed by atoms with Gasteiger partial charge >= 0.3 is 0 Å². The highest BCUT2D eigenvalue weighted by Crippen LogP contribution is 2.57. The molecule has 0 aromatic carbocycles. The van der Waals surface area contributed by atoms with Crippen molar-refractivity contribution >= 4 is 30.1 Å². The van der Waals surface area contributed by atoms with Crippen molar-refractivity contribution in [2.75, 3.05) is 12.4 Å². The minimum absolute atomic E-state index is 0. The molecule has 0 radical (unpaired) electrons. The van der Waals surface area contributed by atoms with Gasteiger partial charge in [0.15, 0.2) is 0 Å². The fraction of sp³-hybridized carbons (Fsp3) is 0.941. The zero-order valence-electron chi connectivity index (χ0n) is 14.5. The average Bonchev–Trinajstić information content (AvgIpc) is 2.94. The Bertz CT molecular complexity index is 448. The van der Waals surface area contributed by atoms with Crippen LogP contribution in [0.2, 0.25) is 0 Å². The van der Waals surface area contributed by atoms with Crippen LogP contribution in [-0.2, 0) is 9.53 Å². The number of hydrogen-bond acceptors (Lipinski definition) is 4. The molecule has 1 amide bonds. The third-order valence-corrected chi connectivity index (χ3v) is 7.54. The fourth-order valence-corrected chi connectivity index (χ4v) is 6.03. The first kappa shape index (κ1) is 19.4. The van der Waals surface area contributed by atoms with Gasteiger partial charge in [0.25, 0.3) is 0 Å². The minimum Gasteiger partial charge on any atom is -0.377 e. The van der Waals surface area contributed by atoms with Crippen molar-refractivity contribution in [1.29, 1.82) is 0 Å². The molecular formula is C17H31ClN2O2S. The van der Waals surface area contributed by atoms with Crippen LogP contribution >= 0.6 is 24.2 Å². The number of nitrogens with two attached hydrogens (primary N) is 1. The van der Waals surface area contributed by atoms with E-state index in [-0.39, 0.29) is 41.8 Å². The van der Waals surface area contributed by atoms with Gasteiger partial charge in [0, 0.05) is 29.2 Å². The highest BCUT2D eigenvalue weighted by molar-refractivity contribution is 7.99. The lowest BCUT2D eigenvalue weighted by atomic mass is 9.46. The van der Waals surface area contributed by atoms with Gasteiger partial charge in [0.1, 0.15) is 5.54 Å². The predicted molar refractivity (Wildman–Crippen MR) is 98.1 cm³/mol. The second-order valence-electron chi connectivity index (χ2n) is 7.64. The maximum absolute atomic E-state index is 13.0. The smallest absolute Gasteiger partial charge is 0.241 e.